The van der Waals surface area contributed by atoms with Crippen molar-refractivity contribution in [2.75, 3.05) is 20.1 Å². The van der Waals surface area contributed by atoms with Gasteiger partial charge in [0, 0.05) is 19.6 Å². The topological polar surface area (TPSA) is 75.4 Å². The Morgan fingerprint density at radius 3 is 2.47 bits per heavy atom. The van der Waals surface area contributed by atoms with Gasteiger partial charge in [0.15, 0.2) is 0 Å². The van der Waals surface area contributed by atoms with Crippen LogP contribution in [-0.2, 0) is 10.2 Å². The zero-order valence-electron chi connectivity index (χ0n) is 11.0. The van der Waals surface area contributed by atoms with Crippen molar-refractivity contribution < 1.29 is 8.42 Å². The molecule has 17 heavy (non-hydrogen) atoms. The lowest BCUT2D eigenvalue weighted by molar-refractivity contribution is 0.386. The summed E-state index contributed by atoms with van der Waals surface area (Å²) in [6.45, 7) is 5.28. The summed E-state index contributed by atoms with van der Waals surface area (Å²) in [5.41, 5.74) is 5.38. The van der Waals surface area contributed by atoms with Gasteiger partial charge in [-0.2, -0.15) is 17.4 Å². The molecule has 0 heterocycles. The van der Waals surface area contributed by atoms with E-state index in [1.807, 2.05) is 0 Å². The monoisotopic (exact) mass is 263 g/mol. The van der Waals surface area contributed by atoms with E-state index in [0.717, 1.165) is 12.8 Å². The van der Waals surface area contributed by atoms with Gasteiger partial charge in [-0.1, -0.05) is 13.8 Å². The molecule has 0 aromatic heterocycles. The van der Waals surface area contributed by atoms with Gasteiger partial charge in [0.2, 0.25) is 0 Å². The molecule has 3 N–H and O–H groups in total. The smallest absolute Gasteiger partial charge is 0.279 e. The number of nitrogens with two attached hydrogens (primary N) is 1. The Hall–Kier alpha value is -0.170. The second-order valence-corrected chi connectivity index (χ2v) is 6.92. The molecule has 0 spiro atoms. The van der Waals surface area contributed by atoms with E-state index in [-0.39, 0.29) is 6.04 Å². The number of hydrogen-bond acceptors (Lipinski definition) is 3. The van der Waals surface area contributed by atoms with Crippen molar-refractivity contribution in [3.8, 4) is 0 Å². The molecule has 6 heteroatoms. The Balaban J connectivity index is 2.54. The Labute approximate surface area is 105 Å². The van der Waals surface area contributed by atoms with Crippen molar-refractivity contribution in [2.24, 2.45) is 17.6 Å². The maximum atomic E-state index is 12.0. The molecule has 1 aliphatic rings. The molecule has 1 saturated carbocycles. The highest BCUT2D eigenvalue weighted by Gasteiger charge is 2.33. The van der Waals surface area contributed by atoms with E-state index in [1.54, 1.807) is 7.05 Å². The summed E-state index contributed by atoms with van der Waals surface area (Å²) in [4.78, 5) is 0. The lowest BCUT2D eigenvalue weighted by atomic mass is 9.98. The number of rotatable bonds is 6. The molecule has 1 aliphatic carbocycles. The Morgan fingerprint density at radius 2 is 2.00 bits per heavy atom. The molecule has 5 nitrogen and oxygen atoms in total. The molecule has 0 aliphatic heterocycles. The molecule has 0 aromatic carbocycles. The highest BCUT2D eigenvalue weighted by atomic mass is 32.2. The molecular weight excluding hydrogens is 238 g/mol. The maximum absolute atomic E-state index is 12.0. The molecule has 0 radical (unpaired) electrons. The fraction of sp³-hybridized carbons (Fsp3) is 1.00. The lowest BCUT2D eigenvalue weighted by Crippen LogP contribution is -2.45. The molecule has 0 aromatic rings. The van der Waals surface area contributed by atoms with Gasteiger partial charge in [0.05, 0.1) is 0 Å². The van der Waals surface area contributed by atoms with E-state index >= 15 is 0 Å². The Morgan fingerprint density at radius 1 is 1.35 bits per heavy atom. The maximum Gasteiger partial charge on any atom is 0.279 e. The van der Waals surface area contributed by atoms with Crippen LogP contribution in [0.4, 0.5) is 0 Å². The van der Waals surface area contributed by atoms with E-state index in [0.29, 0.717) is 31.3 Å². The van der Waals surface area contributed by atoms with Crippen LogP contribution in [0.3, 0.4) is 0 Å². The average molecular weight is 263 g/mol. The molecule has 3 atom stereocenters. The molecule has 102 valence electrons. The van der Waals surface area contributed by atoms with Crippen molar-refractivity contribution in [1.82, 2.24) is 9.03 Å². The van der Waals surface area contributed by atoms with E-state index in [4.69, 9.17) is 5.73 Å². The van der Waals surface area contributed by atoms with Crippen LogP contribution in [0.5, 0.6) is 0 Å². The summed E-state index contributed by atoms with van der Waals surface area (Å²) >= 11 is 0. The van der Waals surface area contributed by atoms with Gasteiger partial charge in [0.1, 0.15) is 0 Å². The molecule has 3 unspecified atom stereocenters. The first-order valence-electron chi connectivity index (χ1n) is 6.32. The standard InChI is InChI=1S/C11H25N3O2S/c1-9-5-6-11(10(9)2)13-17(15,16)14(3)8-4-7-12/h9-11,13H,4-8,12H2,1-3H3. The Bertz CT molecular complexity index is 332. The molecule has 0 bridgehead atoms. The second kappa shape index (κ2) is 6.13. The van der Waals surface area contributed by atoms with Crippen molar-refractivity contribution >= 4 is 10.2 Å². The zero-order valence-corrected chi connectivity index (χ0v) is 11.8. The molecule has 1 rings (SSSR count). The fourth-order valence-corrected chi connectivity index (χ4v) is 3.51. The van der Waals surface area contributed by atoms with Crippen molar-refractivity contribution in [1.29, 1.82) is 0 Å². The normalized spacial score (nSPS) is 30.1. The van der Waals surface area contributed by atoms with Crippen LogP contribution < -0.4 is 10.5 Å². The summed E-state index contributed by atoms with van der Waals surface area (Å²) < 4.78 is 28.2. The third-order valence-corrected chi connectivity index (χ3v) is 5.46. The minimum Gasteiger partial charge on any atom is -0.330 e. The predicted molar refractivity (Wildman–Crippen MR) is 69.7 cm³/mol. The Kier molecular flexibility index (Phi) is 5.37. The predicted octanol–water partition coefficient (Wildman–Crippen LogP) is 0.536. The van der Waals surface area contributed by atoms with Crippen LogP contribution in [0.25, 0.3) is 0 Å². The van der Waals surface area contributed by atoms with E-state index < -0.39 is 10.2 Å². The molecule has 1 fully saturated rings. The zero-order chi connectivity index (χ0) is 13.1. The van der Waals surface area contributed by atoms with Gasteiger partial charge < -0.3 is 5.73 Å². The fourth-order valence-electron chi connectivity index (χ4n) is 2.25. The minimum atomic E-state index is -3.34. The quantitative estimate of drug-likeness (QED) is 0.734. The summed E-state index contributed by atoms with van der Waals surface area (Å²) in [7, 11) is -1.75. The average Bonchev–Trinajstić information content (AvgIpc) is 2.57. The van der Waals surface area contributed by atoms with Gasteiger partial charge in [-0.25, -0.2) is 0 Å². The van der Waals surface area contributed by atoms with Crippen molar-refractivity contribution in [2.45, 2.75) is 39.2 Å². The van der Waals surface area contributed by atoms with E-state index in [1.165, 1.54) is 4.31 Å². The first kappa shape index (κ1) is 14.9. The summed E-state index contributed by atoms with van der Waals surface area (Å²) in [5.74, 6) is 1.00. The molecule has 0 saturated heterocycles. The first-order valence-corrected chi connectivity index (χ1v) is 7.76. The van der Waals surface area contributed by atoms with Crippen LogP contribution in [-0.4, -0.2) is 38.9 Å². The van der Waals surface area contributed by atoms with Gasteiger partial charge >= 0.3 is 0 Å². The SMILES string of the molecule is CC1CCC(NS(=O)(=O)N(C)CCCN)C1C. The second-order valence-electron chi connectivity index (χ2n) is 5.11. The van der Waals surface area contributed by atoms with Gasteiger partial charge in [-0.05, 0) is 37.6 Å². The van der Waals surface area contributed by atoms with Gasteiger partial charge in [0.25, 0.3) is 10.2 Å². The van der Waals surface area contributed by atoms with Crippen LogP contribution in [0.15, 0.2) is 0 Å². The summed E-state index contributed by atoms with van der Waals surface area (Å²) in [6, 6.07) is 0.0790. The lowest BCUT2D eigenvalue weighted by Gasteiger charge is -2.23. The van der Waals surface area contributed by atoms with Crippen LogP contribution in [0, 0.1) is 11.8 Å². The first-order chi connectivity index (χ1) is 7.88. The highest BCUT2D eigenvalue weighted by Crippen LogP contribution is 2.31. The van der Waals surface area contributed by atoms with Crippen molar-refractivity contribution in [3.63, 3.8) is 0 Å². The minimum absolute atomic E-state index is 0.0790. The number of nitrogens with zero attached hydrogens (tertiary/aromatic N) is 1. The van der Waals surface area contributed by atoms with Crippen LogP contribution in [0.2, 0.25) is 0 Å². The summed E-state index contributed by atoms with van der Waals surface area (Å²) in [5, 5.41) is 0. The van der Waals surface area contributed by atoms with Crippen LogP contribution in [0.1, 0.15) is 33.1 Å². The van der Waals surface area contributed by atoms with E-state index in [9.17, 15) is 8.42 Å². The molecule has 0 amide bonds. The highest BCUT2D eigenvalue weighted by molar-refractivity contribution is 7.87. The number of hydrogen-bond donors (Lipinski definition) is 2. The third kappa shape index (κ3) is 3.91. The van der Waals surface area contributed by atoms with E-state index in [2.05, 4.69) is 18.6 Å². The summed E-state index contributed by atoms with van der Waals surface area (Å²) in [6.07, 6.45) is 2.72. The largest absolute Gasteiger partial charge is 0.330 e. The van der Waals surface area contributed by atoms with Crippen molar-refractivity contribution in [3.05, 3.63) is 0 Å². The number of nitrogens with one attached hydrogen (secondary N) is 1. The van der Waals surface area contributed by atoms with Crippen LogP contribution >= 0.6 is 0 Å². The third-order valence-electron chi connectivity index (χ3n) is 3.85. The van der Waals surface area contributed by atoms with Gasteiger partial charge in [-0.3, -0.25) is 0 Å². The molecular formula is C11H25N3O2S. The van der Waals surface area contributed by atoms with Gasteiger partial charge in [-0.15, -0.1) is 0 Å².